The van der Waals surface area contributed by atoms with Crippen LogP contribution in [0.5, 0.6) is 0 Å². The van der Waals surface area contributed by atoms with Gasteiger partial charge in [0.05, 0.1) is 5.02 Å². The van der Waals surface area contributed by atoms with E-state index in [-0.39, 0.29) is 5.91 Å². The molecule has 0 saturated carbocycles. The highest BCUT2D eigenvalue weighted by Gasteiger charge is 2.03. The van der Waals surface area contributed by atoms with Crippen LogP contribution in [0.3, 0.4) is 0 Å². The van der Waals surface area contributed by atoms with Crippen molar-refractivity contribution in [2.45, 2.75) is 19.3 Å². The van der Waals surface area contributed by atoms with Crippen LogP contribution >= 0.6 is 11.6 Å². The summed E-state index contributed by atoms with van der Waals surface area (Å²) in [5.74, 6) is 0.284. The van der Waals surface area contributed by atoms with Crippen LogP contribution in [0.1, 0.15) is 19.3 Å². The third-order valence-corrected chi connectivity index (χ3v) is 2.65. The first-order valence-corrected chi connectivity index (χ1v) is 6.07. The number of hydrogen-bond donors (Lipinski definition) is 2. The molecule has 18 heavy (non-hydrogen) atoms. The summed E-state index contributed by atoms with van der Waals surface area (Å²) in [6, 6.07) is 3.57. The summed E-state index contributed by atoms with van der Waals surface area (Å²) in [6.07, 6.45) is 3.72. The van der Waals surface area contributed by atoms with Crippen LogP contribution in [0.4, 0.5) is 5.95 Å². The van der Waals surface area contributed by atoms with Gasteiger partial charge in [0.15, 0.2) is 5.65 Å². The van der Waals surface area contributed by atoms with Crippen LogP contribution in [-0.2, 0) is 4.79 Å². The van der Waals surface area contributed by atoms with Crippen molar-refractivity contribution in [3.63, 3.8) is 0 Å². The topological polar surface area (TPSA) is 85.3 Å². The molecule has 0 fully saturated rings. The molecule has 2 heterocycles. The van der Waals surface area contributed by atoms with Crippen LogP contribution in [0, 0.1) is 0 Å². The number of nitrogens with zero attached hydrogens (tertiary/aromatic N) is 3. The summed E-state index contributed by atoms with van der Waals surface area (Å²) in [5, 5.41) is 7.93. The van der Waals surface area contributed by atoms with Crippen molar-refractivity contribution in [2.75, 3.05) is 11.9 Å². The van der Waals surface area contributed by atoms with Gasteiger partial charge in [0.2, 0.25) is 11.9 Å². The molecule has 0 radical (unpaired) electrons. The Labute approximate surface area is 109 Å². The number of nitrogens with two attached hydrogens (primary N) is 1. The number of fused-ring (bicyclic) bond motifs is 1. The first kappa shape index (κ1) is 12.6. The van der Waals surface area contributed by atoms with Crippen molar-refractivity contribution in [1.29, 1.82) is 0 Å². The summed E-state index contributed by atoms with van der Waals surface area (Å²) in [7, 11) is 0. The van der Waals surface area contributed by atoms with E-state index in [1.165, 1.54) is 0 Å². The molecule has 2 aromatic rings. The normalized spacial score (nSPS) is 10.7. The number of primary amides is 1. The SMILES string of the molecule is NC(=O)CCCCNc1nc2ccc(Cl)cn2n1. The number of anilines is 1. The molecule has 0 aliphatic carbocycles. The zero-order valence-electron chi connectivity index (χ0n) is 9.77. The molecule has 2 aromatic heterocycles. The molecule has 0 bridgehead atoms. The van der Waals surface area contributed by atoms with Gasteiger partial charge >= 0.3 is 0 Å². The number of rotatable bonds is 6. The number of carbonyl (C=O) groups is 1. The molecule has 6 nitrogen and oxygen atoms in total. The summed E-state index contributed by atoms with van der Waals surface area (Å²) >= 11 is 5.85. The Hall–Kier alpha value is -1.82. The van der Waals surface area contributed by atoms with Crippen LogP contribution < -0.4 is 11.1 Å². The second kappa shape index (κ2) is 5.68. The van der Waals surface area contributed by atoms with Gasteiger partial charge in [0.25, 0.3) is 0 Å². The van der Waals surface area contributed by atoms with Crippen molar-refractivity contribution in [3.05, 3.63) is 23.4 Å². The Bertz CT molecular complexity index is 553. The van der Waals surface area contributed by atoms with Gasteiger partial charge in [-0.25, -0.2) is 4.52 Å². The monoisotopic (exact) mass is 267 g/mol. The van der Waals surface area contributed by atoms with Gasteiger partial charge in [0, 0.05) is 19.2 Å². The van der Waals surface area contributed by atoms with E-state index in [4.69, 9.17) is 17.3 Å². The molecule has 0 aliphatic rings. The van der Waals surface area contributed by atoms with Gasteiger partial charge in [0.1, 0.15) is 0 Å². The van der Waals surface area contributed by atoms with Gasteiger partial charge in [-0.3, -0.25) is 4.79 Å². The lowest BCUT2D eigenvalue weighted by Gasteiger charge is -1.99. The number of amides is 1. The van der Waals surface area contributed by atoms with E-state index < -0.39 is 0 Å². The Kier molecular flexibility index (Phi) is 3.99. The second-order valence-corrected chi connectivity index (χ2v) is 4.37. The number of unbranched alkanes of at least 4 members (excludes halogenated alkanes) is 1. The zero-order chi connectivity index (χ0) is 13.0. The van der Waals surface area contributed by atoms with E-state index in [9.17, 15) is 4.79 Å². The maximum Gasteiger partial charge on any atom is 0.243 e. The summed E-state index contributed by atoms with van der Waals surface area (Å²) in [5.41, 5.74) is 5.79. The quantitative estimate of drug-likeness (QED) is 0.776. The van der Waals surface area contributed by atoms with E-state index >= 15 is 0 Å². The van der Waals surface area contributed by atoms with Crippen LogP contribution in [0.2, 0.25) is 5.02 Å². The largest absolute Gasteiger partial charge is 0.370 e. The van der Waals surface area contributed by atoms with Gasteiger partial charge < -0.3 is 11.1 Å². The van der Waals surface area contributed by atoms with E-state index in [1.54, 1.807) is 22.8 Å². The Morgan fingerprint density at radius 3 is 3.06 bits per heavy atom. The fourth-order valence-corrected chi connectivity index (χ4v) is 1.71. The number of pyridine rings is 1. The molecule has 0 spiro atoms. The molecule has 7 heteroatoms. The molecular formula is C11H14ClN5O. The minimum absolute atomic E-state index is 0.268. The lowest BCUT2D eigenvalue weighted by molar-refractivity contribution is -0.118. The number of hydrogen-bond acceptors (Lipinski definition) is 4. The van der Waals surface area contributed by atoms with E-state index in [0.717, 1.165) is 18.5 Å². The molecule has 1 amide bonds. The number of carbonyl (C=O) groups excluding carboxylic acids is 1. The third kappa shape index (κ3) is 3.33. The Morgan fingerprint density at radius 1 is 1.44 bits per heavy atom. The second-order valence-electron chi connectivity index (χ2n) is 3.94. The lowest BCUT2D eigenvalue weighted by atomic mass is 10.2. The highest BCUT2D eigenvalue weighted by molar-refractivity contribution is 6.30. The van der Waals surface area contributed by atoms with E-state index in [2.05, 4.69) is 15.4 Å². The summed E-state index contributed by atoms with van der Waals surface area (Å²) in [6.45, 7) is 0.706. The van der Waals surface area contributed by atoms with Crippen LogP contribution in [0.15, 0.2) is 18.3 Å². The molecular weight excluding hydrogens is 254 g/mol. The zero-order valence-corrected chi connectivity index (χ0v) is 10.5. The summed E-state index contributed by atoms with van der Waals surface area (Å²) in [4.78, 5) is 14.8. The van der Waals surface area contributed by atoms with Gasteiger partial charge in [-0.1, -0.05) is 11.6 Å². The van der Waals surface area contributed by atoms with Gasteiger partial charge in [-0.2, -0.15) is 4.98 Å². The maximum absolute atomic E-state index is 10.5. The van der Waals surface area contributed by atoms with Crippen molar-refractivity contribution in [3.8, 4) is 0 Å². The molecule has 0 saturated heterocycles. The van der Waals surface area contributed by atoms with Crippen molar-refractivity contribution in [2.24, 2.45) is 5.73 Å². The first-order chi connectivity index (χ1) is 8.65. The van der Waals surface area contributed by atoms with Crippen molar-refractivity contribution >= 4 is 29.1 Å². The van der Waals surface area contributed by atoms with Crippen molar-refractivity contribution < 1.29 is 4.79 Å². The molecule has 2 rings (SSSR count). The van der Waals surface area contributed by atoms with Gasteiger partial charge in [-0.05, 0) is 25.0 Å². The van der Waals surface area contributed by atoms with Crippen LogP contribution in [0.25, 0.3) is 5.65 Å². The molecule has 96 valence electrons. The number of nitrogens with one attached hydrogen (secondary N) is 1. The standard InChI is InChI=1S/C11H14ClN5O/c12-8-4-5-10-15-11(16-17(10)7-8)14-6-2-1-3-9(13)18/h4-5,7H,1-3,6H2,(H2,13,18)(H,14,16). The minimum atomic E-state index is -0.268. The summed E-state index contributed by atoms with van der Waals surface area (Å²) < 4.78 is 1.62. The Balaban J connectivity index is 1.86. The molecule has 0 aliphatic heterocycles. The van der Waals surface area contributed by atoms with E-state index in [0.29, 0.717) is 23.9 Å². The highest BCUT2D eigenvalue weighted by Crippen LogP contribution is 2.11. The highest BCUT2D eigenvalue weighted by atomic mass is 35.5. The smallest absolute Gasteiger partial charge is 0.243 e. The number of halogens is 1. The third-order valence-electron chi connectivity index (χ3n) is 2.43. The lowest BCUT2D eigenvalue weighted by Crippen LogP contribution is -2.11. The predicted molar refractivity (Wildman–Crippen MR) is 69.5 cm³/mol. The molecule has 0 atom stereocenters. The van der Waals surface area contributed by atoms with Gasteiger partial charge in [-0.15, -0.1) is 5.10 Å². The van der Waals surface area contributed by atoms with Crippen LogP contribution in [-0.4, -0.2) is 27.0 Å². The fourth-order valence-electron chi connectivity index (χ4n) is 1.56. The van der Waals surface area contributed by atoms with E-state index in [1.807, 2.05) is 0 Å². The first-order valence-electron chi connectivity index (χ1n) is 5.69. The molecule has 0 unspecified atom stereocenters. The predicted octanol–water partition coefficient (Wildman–Crippen LogP) is 1.45. The molecule has 0 aromatic carbocycles. The average molecular weight is 268 g/mol. The minimum Gasteiger partial charge on any atom is -0.370 e. The van der Waals surface area contributed by atoms with Crippen molar-refractivity contribution in [1.82, 2.24) is 14.6 Å². The maximum atomic E-state index is 10.5. The number of aromatic nitrogens is 3. The average Bonchev–Trinajstić information content (AvgIpc) is 2.70. The Morgan fingerprint density at radius 2 is 2.28 bits per heavy atom. The fraction of sp³-hybridized carbons (Fsp3) is 0.364. The molecule has 3 N–H and O–H groups in total.